The van der Waals surface area contributed by atoms with E-state index in [1.54, 1.807) is 7.11 Å². The van der Waals surface area contributed by atoms with Crippen LogP contribution >= 0.6 is 0 Å². The number of hydrogen-bond acceptors (Lipinski definition) is 2. The second-order valence-electron chi connectivity index (χ2n) is 4.35. The Balaban J connectivity index is 2.69. The Kier molecular flexibility index (Phi) is 2.66. The predicted octanol–water partition coefficient (Wildman–Crippen LogP) is 1.77. The molecule has 0 bridgehead atoms. The van der Waals surface area contributed by atoms with Gasteiger partial charge < -0.3 is 9.84 Å². The molecule has 1 N–H and O–H groups in total. The average molecular weight is 186 g/mol. The third kappa shape index (κ3) is 1.57. The molecule has 13 heavy (non-hydrogen) atoms. The Labute approximate surface area is 79.1 Å². The van der Waals surface area contributed by atoms with Gasteiger partial charge in [0, 0.05) is 13.0 Å². The Morgan fingerprint density at radius 3 is 2.38 bits per heavy atom. The molecule has 0 radical (unpaired) electrons. The van der Waals surface area contributed by atoms with Crippen molar-refractivity contribution in [3.8, 4) is 0 Å². The van der Waals surface area contributed by atoms with E-state index in [2.05, 4.69) is 0 Å². The molecular weight excluding hydrogens is 168 g/mol. The van der Waals surface area contributed by atoms with Gasteiger partial charge in [0.1, 0.15) is 0 Å². The van der Waals surface area contributed by atoms with E-state index < -0.39 is 5.97 Å². The first-order chi connectivity index (χ1) is 5.96. The number of aliphatic carboxylic acids is 1. The molecule has 3 atom stereocenters. The van der Waals surface area contributed by atoms with Crippen molar-refractivity contribution in [3.05, 3.63) is 0 Å². The minimum Gasteiger partial charge on any atom is -0.481 e. The fraction of sp³-hybridized carbons (Fsp3) is 0.900. The standard InChI is InChI=1S/C10H18O3/c1-5-6(13-4)7-8(9(11)12)10(7,2)3/h6-8H,5H2,1-4H3,(H,11,12). The van der Waals surface area contributed by atoms with Crippen LogP contribution in [0.1, 0.15) is 27.2 Å². The second kappa shape index (κ2) is 3.29. The number of carbonyl (C=O) groups is 1. The Morgan fingerprint density at radius 1 is 1.62 bits per heavy atom. The summed E-state index contributed by atoms with van der Waals surface area (Å²) in [5.41, 5.74) is -0.0947. The van der Waals surface area contributed by atoms with E-state index >= 15 is 0 Å². The summed E-state index contributed by atoms with van der Waals surface area (Å²) in [6.07, 6.45) is 0.977. The summed E-state index contributed by atoms with van der Waals surface area (Å²) in [5, 5.41) is 8.94. The maximum absolute atomic E-state index is 10.9. The smallest absolute Gasteiger partial charge is 0.307 e. The first-order valence-electron chi connectivity index (χ1n) is 4.72. The van der Waals surface area contributed by atoms with Gasteiger partial charge in [0.05, 0.1) is 12.0 Å². The Bertz CT molecular complexity index is 206. The van der Waals surface area contributed by atoms with Gasteiger partial charge in [-0.25, -0.2) is 0 Å². The molecule has 76 valence electrons. The minimum absolute atomic E-state index is 0.0936. The van der Waals surface area contributed by atoms with Crippen LogP contribution in [-0.2, 0) is 9.53 Å². The number of methoxy groups -OCH3 is 1. The highest BCUT2D eigenvalue weighted by Gasteiger charge is 2.64. The van der Waals surface area contributed by atoms with Crippen LogP contribution in [0, 0.1) is 17.3 Å². The summed E-state index contributed by atoms with van der Waals surface area (Å²) < 4.78 is 5.28. The van der Waals surface area contributed by atoms with Crippen molar-refractivity contribution in [1.29, 1.82) is 0 Å². The SMILES string of the molecule is CCC(OC)C1C(C(=O)O)C1(C)C. The summed E-state index contributed by atoms with van der Waals surface area (Å²) in [6.45, 7) is 6.03. The number of ether oxygens (including phenoxy) is 1. The topological polar surface area (TPSA) is 46.5 Å². The number of rotatable bonds is 4. The van der Waals surface area contributed by atoms with Crippen LogP contribution in [0.15, 0.2) is 0 Å². The largest absolute Gasteiger partial charge is 0.481 e. The molecule has 1 aliphatic rings. The van der Waals surface area contributed by atoms with Gasteiger partial charge in [0.25, 0.3) is 0 Å². The molecule has 3 nitrogen and oxygen atoms in total. The van der Waals surface area contributed by atoms with Gasteiger partial charge in [-0.05, 0) is 11.8 Å². The van der Waals surface area contributed by atoms with Crippen LogP contribution in [0.4, 0.5) is 0 Å². The van der Waals surface area contributed by atoms with E-state index in [1.165, 1.54) is 0 Å². The molecule has 0 aliphatic heterocycles. The van der Waals surface area contributed by atoms with E-state index in [-0.39, 0.29) is 23.4 Å². The van der Waals surface area contributed by atoms with E-state index in [1.807, 2.05) is 20.8 Å². The molecule has 3 heteroatoms. The zero-order valence-corrected chi connectivity index (χ0v) is 8.70. The van der Waals surface area contributed by atoms with Crippen molar-refractivity contribution < 1.29 is 14.6 Å². The summed E-state index contributed by atoms with van der Waals surface area (Å²) in [7, 11) is 1.65. The fourth-order valence-corrected chi connectivity index (χ4v) is 2.41. The van der Waals surface area contributed by atoms with E-state index in [0.717, 1.165) is 6.42 Å². The Morgan fingerprint density at radius 2 is 2.15 bits per heavy atom. The maximum Gasteiger partial charge on any atom is 0.307 e. The molecule has 1 saturated carbocycles. The van der Waals surface area contributed by atoms with Crippen molar-refractivity contribution in [1.82, 2.24) is 0 Å². The summed E-state index contributed by atoms with van der Waals surface area (Å²) in [5.74, 6) is -0.733. The highest BCUT2D eigenvalue weighted by molar-refractivity contribution is 5.75. The van der Waals surface area contributed by atoms with Crippen molar-refractivity contribution in [2.75, 3.05) is 7.11 Å². The van der Waals surface area contributed by atoms with Crippen LogP contribution in [-0.4, -0.2) is 24.3 Å². The van der Waals surface area contributed by atoms with Crippen LogP contribution in [0.25, 0.3) is 0 Å². The molecule has 0 aromatic rings. The molecule has 1 rings (SSSR count). The molecule has 0 heterocycles. The number of carboxylic acid groups (broad SMARTS) is 1. The quantitative estimate of drug-likeness (QED) is 0.727. The van der Waals surface area contributed by atoms with Gasteiger partial charge in [0.15, 0.2) is 0 Å². The average Bonchev–Trinajstić information content (AvgIpc) is 2.57. The lowest BCUT2D eigenvalue weighted by atomic mass is 10.0. The first kappa shape index (κ1) is 10.5. The monoisotopic (exact) mass is 186 g/mol. The molecule has 0 spiro atoms. The van der Waals surface area contributed by atoms with E-state index in [9.17, 15) is 4.79 Å². The summed E-state index contributed by atoms with van der Waals surface area (Å²) in [4.78, 5) is 10.9. The molecule has 0 aromatic heterocycles. The highest BCUT2D eigenvalue weighted by atomic mass is 16.5. The third-order valence-electron chi connectivity index (χ3n) is 3.28. The lowest BCUT2D eigenvalue weighted by Crippen LogP contribution is -2.16. The summed E-state index contributed by atoms with van der Waals surface area (Å²) >= 11 is 0. The van der Waals surface area contributed by atoms with Crippen molar-refractivity contribution in [3.63, 3.8) is 0 Å². The molecule has 0 aromatic carbocycles. The van der Waals surface area contributed by atoms with E-state index in [4.69, 9.17) is 9.84 Å². The zero-order valence-electron chi connectivity index (χ0n) is 8.70. The maximum atomic E-state index is 10.9. The molecular formula is C10H18O3. The zero-order chi connectivity index (χ0) is 10.2. The van der Waals surface area contributed by atoms with Gasteiger partial charge in [-0.15, -0.1) is 0 Å². The normalized spacial score (nSPS) is 32.6. The van der Waals surface area contributed by atoms with Gasteiger partial charge in [-0.1, -0.05) is 20.8 Å². The molecule has 0 saturated heterocycles. The van der Waals surface area contributed by atoms with Crippen LogP contribution in [0.5, 0.6) is 0 Å². The lowest BCUT2D eigenvalue weighted by Gasteiger charge is -2.13. The van der Waals surface area contributed by atoms with Crippen molar-refractivity contribution in [2.45, 2.75) is 33.3 Å². The molecule has 1 aliphatic carbocycles. The number of carboxylic acids is 1. The Hall–Kier alpha value is -0.570. The van der Waals surface area contributed by atoms with Gasteiger partial charge in [-0.3, -0.25) is 4.79 Å². The van der Waals surface area contributed by atoms with Crippen LogP contribution in [0.3, 0.4) is 0 Å². The molecule has 3 unspecified atom stereocenters. The lowest BCUT2D eigenvalue weighted by molar-refractivity contribution is -0.139. The van der Waals surface area contributed by atoms with Crippen molar-refractivity contribution in [2.24, 2.45) is 17.3 Å². The van der Waals surface area contributed by atoms with Crippen molar-refractivity contribution >= 4 is 5.97 Å². The highest BCUT2D eigenvalue weighted by Crippen LogP contribution is 2.60. The van der Waals surface area contributed by atoms with Gasteiger partial charge in [-0.2, -0.15) is 0 Å². The van der Waals surface area contributed by atoms with Crippen LogP contribution in [0.2, 0.25) is 0 Å². The van der Waals surface area contributed by atoms with Gasteiger partial charge >= 0.3 is 5.97 Å². The van der Waals surface area contributed by atoms with Crippen LogP contribution < -0.4 is 0 Å². The third-order valence-corrected chi connectivity index (χ3v) is 3.28. The second-order valence-corrected chi connectivity index (χ2v) is 4.35. The minimum atomic E-state index is -0.689. The van der Waals surface area contributed by atoms with E-state index in [0.29, 0.717) is 0 Å². The number of hydrogen-bond donors (Lipinski definition) is 1. The molecule has 0 amide bonds. The van der Waals surface area contributed by atoms with Gasteiger partial charge in [0.2, 0.25) is 0 Å². The fourth-order valence-electron chi connectivity index (χ4n) is 2.41. The molecule has 1 fully saturated rings. The predicted molar refractivity (Wildman–Crippen MR) is 49.5 cm³/mol. The first-order valence-corrected chi connectivity index (χ1v) is 4.72. The summed E-state index contributed by atoms with van der Waals surface area (Å²) in [6, 6.07) is 0.